The minimum Gasteiger partial charge on any atom is -0.476 e. The van der Waals surface area contributed by atoms with Crippen LogP contribution in [0.5, 0.6) is 0 Å². The number of nitrogens with zero attached hydrogens (tertiary/aromatic N) is 3. The van der Waals surface area contributed by atoms with Gasteiger partial charge in [-0.25, -0.2) is 4.79 Å². The maximum Gasteiger partial charge on any atom is 0.358 e. The number of carboxylic acid groups (broad SMARTS) is 1. The molecule has 100 valence electrons. The van der Waals surface area contributed by atoms with Gasteiger partial charge in [-0.05, 0) is 18.6 Å². The minimum absolute atomic E-state index is 0.0416. The summed E-state index contributed by atoms with van der Waals surface area (Å²) in [4.78, 5) is 11.7. The molecule has 0 spiro atoms. The molecule has 0 aliphatic rings. The molecule has 1 aromatic heterocycles. The van der Waals surface area contributed by atoms with E-state index in [4.69, 9.17) is 10.8 Å². The van der Waals surface area contributed by atoms with Crippen LogP contribution < -0.4 is 5.73 Å². The van der Waals surface area contributed by atoms with E-state index in [1.54, 1.807) is 11.8 Å². The molecule has 3 N–H and O–H groups in total. The van der Waals surface area contributed by atoms with E-state index in [2.05, 4.69) is 10.3 Å². The van der Waals surface area contributed by atoms with Crippen LogP contribution in [0.1, 0.15) is 16.1 Å². The van der Waals surface area contributed by atoms with Gasteiger partial charge in [-0.15, -0.1) is 16.9 Å². The summed E-state index contributed by atoms with van der Waals surface area (Å²) in [5.74, 6) is -0.322. The molecule has 0 radical (unpaired) electrons. The van der Waals surface area contributed by atoms with E-state index in [9.17, 15) is 4.79 Å². The Morgan fingerprint density at radius 2 is 2.32 bits per heavy atom. The summed E-state index contributed by atoms with van der Waals surface area (Å²) in [7, 11) is 0. The van der Waals surface area contributed by atoms with Gasteiger partial charge < -0.3 is 10.8 Å². The largest absolute Gasteiger partial charge is 0.476 e. The van der Waals surface area contributed by atoms with Crippen molar-refractivity contribution in [1.82, 2.24) is 15.0 Å². The van der Waals surface area contributed by atoms with Crippen LogP contribution in [0.4, 0.5) is 5.69 Å². The van der Waals surface area contributed by atoms with Gasteiger partial charge in [-0.3, -0.25) is 4.68 Å². The molecule has 1 heterocycles. The number of para-hydroxylation sites is 1. The van der Waals surface area contributed by atoms with E-state index in [1.807, 2.05) is 25.1 Å². The highest BCUT2D eigenvalue weighted by Crippen LogP contribution is 2.27. The fourth-order valence-corrected chi connectivity index (χ4v) is 2.52. The maximum absolute atomic E-state index is 10.7. The summed E-state index contributed by atoms with van der Waals surface area (Å²) in [6, 6.07) is 5.90. The van der Waals surface area contributed by atoms with E-state index >= 15 is 0 Å². The summed E-state index contributed by atoms with van der Waals surface area (Å²) < 4.78 is 1.52. The average molecular weight is 278 g/mol. The summed E-state index contributed by atoms with van der Waals surface area (Å²) >= 11 is 1.61. The van der Waals surface area contributed by atoms with Crippen molar-refractivity contribution in [2.24, 2.45) is 0 Å². The molecule has 2 rings (SSSR count). The van der Waals surface area contributed by atoms with Gasteiger partial charge in [0.25, 0.3) is 0 Å². The third kappa shape index (κ3) is 3.25. The lowest BCUT2D eigenvalue weighted by molar-refractivity contribution is 0.0690. The Balaban J connectivity index is 1.92. The van der Waals surface area contributed by atoms with Crippen LogP contribution in [0.2, 0.25) is 0 Å². The lowest BCUT2D eigenvalue weighted by Gasteiger charge is -2.07. The van der Waals surface area contributed by atoms with Gasteiger partial charge in [0.15, 0.2) is 5.69 Å². The molecular formula is C12H14N4O2S. The zero-order valence-electron chi connectivity index (χ0n) is 10.4. The third-order valence-electron chi connectivity index (χ3n) is 2.62. The standard InChI is InChI=1S/C12H14N4O2S/c1-8-3-2-4-10(11(8)13)19-6-5-16-7-9(12(17)18)14-15-16/h2-4,7H,5-6,13H2,1H3,(H,17,18). The molecule has 0 atom stereocenters. The number of aromatic nitrogens is 3. The number of aryl methyl sites for hydroxylation is 2. The zero-order valence-corrected chi connectivity index (χ0v) is 11.2. The molecular weight excluding hydrogens is 264 g/mol. The molecule has 2 aromatic rings. The smallest absolute Gasteiger partial charge is 0.358 e. The number of aromatic carboxylic acids is 1. The Labute approximate surface area is 114 Å². The van der Waals surface area contributed by atoms with Crippen molar-refractivity contribution in [3.63, 3.8) is 0 Å². The van der Waals surface area contributed by atoms with Gasteiger partial charge in [-0.2, -0.15) is 0 Å². The zero-order chi connectivity index (χ0) is 13.8. The van der Waals surface area contributed by atoms with Crippen molar-refractivity contribution in [1.29, 1.82) is 0 Å². The first-order valence-corrected chi connectivity index (χ1v) is 6.68. The first kappa shape index (κ1) is 13.4. The van der Waals surface area contributed by atoms with Crippen molar-refractivity contribution in [3.05, 3.63) is 35.7 Å². The third-order valence-corrected chi connectivity index (χ3v) is 3.67. The van der Waals surface area contributed by atoms with Crippen LogP contribution in [0, 0.1) is 6.92 Å². The molecule has 0 saturated heterocycles. The molecule has 0 unspecified atom stereocenters. The number of anilines is 1. The molecule has 6 nitrogen and oxygen atoms in total. The van der Waals surface area contributed by atoms with Gasteiger partial charge in [-0.1, -0.05) is 17.3 Å². The number of rotatable bonds is 5. The number of nitrogen functional groups attached to an aromatic ring is 1. The Kier molecular flexibility index (Phi) is 4.06. The van der Waals surface area contributed by atoms with Crippen LogP contribution in [-0.4, -0.2) is 31.8 Å². The van der Waals surface area contributed by atoms with Crippen LogP contribution in [0.15, 0.2) is 29.3 Å². The van der Waals surface area contributed by atoms with Crippen molar-refractivity contribution in [2.45, 2.75) is 18.4 Å². The van der Waals surface area contributed by atoms with E-state index in [0.29, 0.717) is 6.54 Å². The van der Waals surface area contributed by atoms with E-state index in [0.717, 1.165) is 21.9 Å². The molecule has 1 aromatic carbocycles. The van der Waals surface area contributed by atoms with Crippen molar-refractivity contribution in [2.75, 3.05) is 11.5 Å². The van der Waals surface area contributed by atoms with Gasteiger partial charge in [0.05, 0.1) is 12.7 Å². The molecule has 0 bridgehead atoms. The second-order valence-electron chi connectivity index (χ2n) is 4.01. The number of thioether (sulfide) groups is 1. The Hall–Kier alpha value is -2.02. The quantitative estimate of drug-likeness (QED) is 0.638. The number of carbonyl (C=O) groups is 1. The molecule has 0 fully saturated rings. The van der Waals surface area contributed by atoms with E-state index in [1.165, 1.54) is 10.9 Å². The first-order chi connectivity index (χ1) is 9.08. The monoisotopic (exact) mass is 278 g/mol. The van der Waals surface area contributed by atoms with Gasteiger partial charge >= 0.3 is 5.97 Å². The lowest BCUT2D eigenvalue weighted by Crippen LogP contribution is -2.02. The molecule has 7 heteroatoms. The van der Waals surface area contributed by atoms with Gasteiger partial charge in [0, 0.05) is 16.3 Å². The summed E-state index contributed by atoms with van der Waals surface area (Å²) in [5, 5.41) is 16.0. The maximum atomic E-state index is 10.7. The number of benzene rings is 1. The fourth-order valence-electron chi connectivity index (χ4n) is 1.53. The van der Waals surface area contributed by atoms with Crippen LogP contribution in [0.3, 0.4) is 0 Å². The number of hydrogen-bond donors (Lipinski definition) is 2. The summed E-state index contributed by atoms with van der Waals surface area (Å²) in [6.07, 6.45) is 1.42. The van der Waals surface area contributed by atoms with Crippen molar-refractivity contribution < 1.29 is 9.90 Å². The number of carboxylic acids is 1. The molecule has 0 aliphatic heterocycles. The van der Waals surface area contributed by atoms with Crippen LogP contribution >= 0.6 is 11.8 Å². The van der Waals surface area contributed by atoms with Crippen LogP contribution in [-0.2, 0) is 6.54 Å². The predicted molar refractivity (Wildman–Crippen MR) is 73.3 cm³/mol. The SMILES string of the molecule is Cc1cccc(SCCn2cc(C(=O)O)nn2)c1N. The normalized spacial score (nSPS) is 10.6. The second-order valence-corrected chi connectivity index (χ2v) is 5.14. The Morgan fingerprint density at radius 3 is 3.00 bits per heavy atom. The molecule has 0 amide bonds. The fraction of sp³-hybridized carbons (Fsp3) is 0.250. The summed E-state index contributed by atoms with van der Waals surface area (Å²) in [6.45, 7) is 2.55. The number of nitrogens with two attached hydrogens (primary N) is 1. The molecule has 0 aliphatic carbocycles. The lowest BCUT2D eigenvalue weighted by atomic mass is 10.2. The highest BCUT2D eigenvalue weighted by atomic mass is 32.2. The van der Waals surface area contributed by atoms with Gasteiger partial charge in [0.2, 0.25) is 0 Å². The van der Waals surface area contributed by atoms with Crippen molar-refractivity contribution >= 4 is 23.4 Å². The summed E-state index contributed by atoms with van der Waals surface area (Å²) in [5.41, 5.74) is 7.77. The predicted octanol–water partition coefficient (Wildman–Crippen LogP) is 1.66. The highest BCUT2D eigenvalue weighted by Gasteiger charge is 2.08. The van der Waals surface area contributed by atoms with Crippen molar-refractivity contribution in [3.8, 4) is 0 Å². The van der Waals surface area contributed by atoms with E-state index < -0.39 is 5.97 Å². The Bertz CT molecular complexity index is 597. The molecule has 0 saturated carbocycles. The molecule has 19 heavy (non-hydrogen) atoms. The Morgan fingerprint density at radius 1 is 1.53 bits per heavy atom. The second kappa shape index (κ2) is 5.75. The van der Waals surface area contributed by atoms with Gasteiger partial charge in [0.1, 0.15) is 0 Å². The first-order valence-electron chi connectivity index (χ1n) is 5.69. The van der Waals surface area contributed by atoms with E-state index in [-0.39, 0.29) is 5.69 Å². The number of hydrogen-bond acceptors (Lipinski definition) is 5. The van der Waals surface area contributed by atoms with Crippen LogP contribution in [0.25, 0.3) is 0 Å². The highest BCUT2D eigenvalue weighted by molar-refractivity contribution is 7.99. The minimum atomic E-state index is -1.07. The average Bonchev–Trinajstić information content (AvgIpc) is 2.83. The topological polar surface area (TPSA) is 94.0 Å².